The molecule has 156 valence electrons. The summed E-state index contributed by atoms with van der Waals surface area (Å²) in [5, 5.41) is 3.16. The minimum atomic E-state index is -0.494. The second-order valence-corrected chi connectivity index (χ2v) is 8.05. The number of piperazine rings is 1. The Bertz CT molecular complexity index is 830. The first-order chi connectivity index (χ1) is 13.7. The number of benzene rings is 1. The van der Waals surface area contributed by atoms with Crippen LogP contribution in [0.3, 0.4) is 0 Å². The number of carbonyl (C=O) groups is 1. The van der Waals surface area contributed by atoms with Gasteiger partial charge in [0.15, 0.2) is 5.82 Å². The van der Waals surface area contributed by atoms with Gasteiger partial charge in [0.2, 0.25) is 11.9 Å². The predicted octanol–water partition coefficient (Wildman–Crippen LogP) is 2.81. The molecule has 2 aromatic rings. The molecule has 3 N–H and O–H groups in total. The van der Waals surface area contributed by atoms with Gasteiger partial charge in [-0.3, -0.25) is 4.90 Å². The van der Waals surface area contributed by atoms with E-state index in [2.05, 4.69) is 25.2 Å². The van der Waals surface area contributed by atoms with Crippen molar-refractivity contribution < 1.29 is 9.53 Å². The molecule has 1 atom stereocenters. The lowest BCUT2D eigenvalue weighted by atomic mass is 10.2. The fourth-order valence-corrected chi connectivity index (χ4v) is 3.08. The van der Waals surface area contributed by atoms with Crippen molar-refractivity contribution in [3.8, 4) is 0 Å². The highest BCUT2D eigenvalue weighted by atomic mass is 16.6. The van der Waals surface area contributed by atoms with Crippen LogP contribution < -0.4 is 11.1 Å². The number of hydrogen-bond acceptors (Lipinski definition) is 8. The van der Waals surface area contributed by atoms with Gasteiger partial charge >= 0.3 is 6.09 Å². The third kappa shape index (κ3) is 5.77. The van der Waals surface area contributed by atoms with Gasteiger partial charge in [0, 0.05) is 31.9 Å². The maximum atomic E-state index is 12.3. The van der Waals surface area contributed by atoms with Crippen molar-refractivity contribution >= 4 is 23.7 Å². The van der Waals surface area contributed by atoms with Crippen molar-refractivity contribution in [2.75, 3.05) is 37.2 Å². The molecule has 0 unspecified atom stereocenters. The summed E-state index contributed by atoms with van der Waals surface area (Å²) in [6.45, 7) is 10.2. The molecule has 9 heteroatoms. The number of nitrogens with two attached hydrogens (primary N) is 1. The SMILES string of the molecule is C[C@@H](c1nc(N)nc(Nc2ccccc2)n1)N1CCN(C(=O)OC(C)(C)C)CC1. The molecule has 0 bridgehead atoms. The number of nitrogens with zero attached hydrogens (tertiary/aromatic N) is 5. The first-order valence-corrected chi connectivity index (χ1v) is 9.77. The Morgan fingerprint density at radius 1 is 1.10 bits per heavy atom. The normalized spacial score (nSPS) is 16.3. The number of para-hydroxylation sites is 1. The minimum absolute atomic E-state index is 0.0580. The Kier molecular flexibility index (Phi) is 6.17. The fraction of sp³-hybridized carbons (Fsp3) is 0.500. The fourth-order valence-electron chi connectivity index (χ4n) is 3.08. The smallest absolute Gasteiger partial charge is 0.410 e. The van der Waals surface area contributed by atoms with E-state index in [1.54, 1.807) is 4.90 Å². The van der Waals surface area contributed by atoms with E-state index in [9.17, 15) is 4.79 Å². The van der Waals surface area contributed by atoms with Gasteiger partial charge in [0.05, 0.1) is 6.04 Å². The lowest BCUT2D eigenvalue weighted by Crippen LogP contribution is -2.50. The number of carbonyl (C=O) groups excluding carboxylic acids is 1. The van der Waals surface area contributed by atoms with E-state index in [0.717, 1.165) is 5.69 Å². The van der Waals surface area contributed by atoms with Crippen molar-refractivity contribution in [1.82, 2.24) is 24.8 Å². The van der Waals surface area contributed by atoms with E-state index in [0.29, 0.717) is 38.0 Å². The van der Waals surface area contributed by atoms with Crippen molar-refractivity contribution in [3.05, 3.63) is 36.2 Å². The van der Waals surface area contributed by atoms with Crippen LogP contribution in [0.4, 0.5) is 22.4 Å². The summed E-state index contributed by atoms with van der Waals surface area (Å²) in [7, 11) is 0. The largest absolute Gasteiger partial charge is 0.444 e. The number of rotatable bonds is 4. The monoisotopic (exact) mass is 399 g/mol. The van der Waals surface area contributed by atoms with Gasteiger partial charge in [-0.2, -0.15) is 15.0 Å². The summed E-state index contributed by atoms with van der Waals surface area (Å²) < 4.78 is 5.46. The molecular formula is C20H29N7O2. The van der Waals surface area contributed by atoms with Crippen LogP contribution in [0.1, 0.15) is 39.6 Å². The summed E-state index contributed by atoms with van der Waals surface area (Å²) >= 11 is 0. The van der Waals surface area contributed by atoms with E-state index in [4.69, 9.17) is 10.5 Å². The van der Waals surface area contributed by atoms with Crippen molar-refractivity contribution in [2.24, 2.45) is 0 Å². The summed E-state index contributed by atoms with van der Waals surface area (Å²) in [6.07, 6.45) is -0.274. The highest BCUT2D eigenvalue weighted by Crippen LogP contribution is 2.22. The molecule has 29 heavy (non-hydrogen) atoms. The second kappa shape index (κ2) is 8.60. The molecule has 1 aromatic carbocycles. The van der Waals surface area contributed by atoms with E-state index < -0.39 is 5.60 Å². The molecule has 9 nitrogen and oxygen atoms in total. The van der Waals surface area contributed by atoms with Gasteiger partial charge in [-0.25, -0.2) is 4.79 Å². The van der Waals surface area contributed by atoms with Crippen LogP contribution >= 0.6 is 0 Å². The Hall–Kier alpha value is -2.94. The maximum Gasteiger partial charge on any atom is 0.410 e. The molecule has 1 amide bonds. The Morgan fingerprint density at radius 2 is 1.76 bits per heavy atom. The van der Waals surface area contributed by atoms with E-state index in [1.165, 1.54) is 0 Å². The van der Waals surface area contributed by atoms with Gasteiger partial charge in [0.25, 0.3) is 0 Å². The first-order valence-electron chi connectivity index (χ1n) is 9.77. The van der Waals surface area contributed by atoms with Crippen LogP contribution in [0.25, 0.3) is 0 Å². The molecule has 0 saturated carbocycles. The average molecular weight is 399 g/mol. The summed E-state index contributed by atoms with van der Waals surface area (Å²) in [4.78, 5) is 29.3. The Morgan fingerprint density at radius 3 is 2.38 bits per heavy atom. The van der Waals surface area contributed by atoms with Crippen LogP contribution in [0.15, 0.2) is 30.3 Å². The lowest BCUT2D eigenvalue weighted by Gasteiger charge is -2.37. The highest BCUT2D eigenvalue weighted by Gasteiger charge is 2.29. The molecule has 2 heterocycles. The zero-order valence-electron chi connectivity index (χ0n) is 17.4. The quantitative estimate of drug-likeness (QED) is 0.808. The standard InChI is InChI=1S/C20H29N7O2/c1-14(26-10-12-27(13-11-26)19(28)29-20(2,3)4)16-23-17(21)25-18(24-16)22-15-8-6-5-7-9-15/h5-9,14H,10-13H2,1-4H3,(H3,21,22,23,24,25)/t14-/m0/s1. The van der Waals surface area contributed by atoms with Gasteiger partial charge in [0.1, 0.15) is 5.60 Å². The van der Waals surface area contributed by atoms with E-state index in [-0.39, 0.29) is 18.1 Å². The Labute approximate surface area is 171 Å². The molecule has 1 fully saturated rings. The van der Waals surface area contributed by atoms with E-state index in [1.807, 2.05) is 58.0 Å². The predicted molar refractivity (Wildman–Crippen MR) is 112 cm³/mol. The summed E-state index contributed by atoms with van der Waals surface area (Å²) in [5.74, 6) is 1.19. The number of amides is 1. The number of ether oxygens (including phenoxy) is 1. The number of hydrogen-bond donors (Lipinski definition) is 2. The molecule has 0 radical (unpaired) electrons. The van der Waals surface area contributed by atoms with Crippen molar-refractivity contribution in [2.45, 2.75) is 39.3 Å². The van der Waals surface area contributed by atoms with Crippen molar-refractivity contribution in [1.29, 1.82) is 0 Å². The maximum absolute atomic E-state index is 12.3. The third-order valence-electron chi connectivity index (χ3n) is 4.59. The average Bonchev–Trinajstić information content (AvgIpc) is 2.66. The molecule has 3 rings (SSSR count). The zero-order valence-corrected chi connectivity index (χ0v) is 17.4. The minimum Gasteiger partial charge on any atom is -0.444 e. The number of nitrogens with one attached hydrogen (secondary N) is 1. The van der Waals surface area contributed by atoms with Gasteiger partial charge in [-0.1, -0.05) is 18.2 Å². The molecular weight excluding hydrogens is 370 g/mol. The number of aromatic nitrogens is 3. The zero-order chi connectivity index (χ0) is 21.0. The van der Waals surface area contributed by atoms with Crippen LogP contribution in [-0.4, -0.2) is 62.6 Å². The molecule has 1 aliphatic heterocycles. The molecule has 1 aliphatic rings. The second-order valence-electron chi connectivity index (χ2n) is 8.05. The molecule has 0 spiro atoms. The molecule has 1 aromatic heterocycles. The van der Waals surface area contributed by atoms with Gasteiger partial charge in [-0.05, 0) is 39.8 Å². The Balaban J connectivity index is 1.64. The van der Waals surface area contributed by atoms with Gasteiger partial charge in [-0.15, -0.1) is 0 Å². The van der Waals surface area contributed by atoms with Crippen LogP contribution in [0.2, 0.25) is 0 Å². The van der Waals surface area contributed by atoms with Crippen LogP contribution in [-0.2, 0) is 4.74 Å². The van der Waals surface area contributed by atoms with Gasteiger partial charge < -0.3 is 20.7 Å². The first kappa shape index (κ1) is 20.8. The number of anilines is 3. The van der Waals surface area contributed by atoms with E-state index >= 15 is 0 Å². The summed E-state index contributed by atoms with van der Waals surface area (Å²) in [5.41, 5.74) is 6.29. The highest BCUT2D eigenvalue weighted by molar-refractivity contribution is 5.68. The molecule has 0 aliphatic carbocycles. The van der Waals surface area contributed by atoms with Crippen molar-refractivity contribution in [3.63, 3.8) is 0 Å². The molecule has 1 saturated heterocycles. The number of nitrogen functional groups attached to an aromatic ring is 1. The van der Waals surface area contributed by atoms with Crippen LogP contribution in [0.5, 0.6) is 0 Å². The third-order valence-corrected chi connectivity index (χ3v) is 4.59. The topological polar surface area (TPSA) is 109 Å². The lowest BCUT2D eigenvalue weighted by molar-refractivity contribution is 0.0107. The summed E-state index contributed by atoms with van der Waals surface area (Å²) in [6, 6.07) is 9.61. The van der Waals surface area contributed by atoms with Crippen LogP contribution in [0, 0.1) is 0 Å².